The maximum Gasteiger partial charge on any atom is 0.306 e. The van der Waals surface area contributed by atoms with E-state index >= 15 is 0 Å². The van der Waals surface area contributed by atoms with Crippen molar-refractivity contribution in [1.29, 1.82) is 0 Å². The Morgan fingerprint density at radius 2 is 0.476 bits per heavy atom. The molecule has 0 spiro atoms. The molecule has 0 aromatic carbocycles. The molecular formula is C76H132O6. The van der Waals surface area contributed by atoms with Gasteiger partial charge in [0.05, 0.1) is 0 Å². The van der Waals surface area contributed by atoms with Gasteiger partial charge in [-0.15, -0.1) is 0 Å². The van der Waals surface area contributed by atoms with Crippen molar-refractivity contribution in [2.75, 3.05) is 13.2 Å². The molecule has 6 nitrogen and oxygen atoms in total. The van der Waals surface area contributed by atoms with Gasteiger partial charge in [0.25, 0.3) is 0 Å². The molecule has 0 aliphatic rings. The molecule has 0 saturated heterocycles. The molecule has 0 N–H and O–H groups in total. The van der Waals surface area contributed by atoms with Crippen LogP contribution in [0.4, 0.5) is 0 Å². The Kier molecular flexibility index (Phi) is 66.7. The van der Waals surface area contributed by atoms with E-state index in [0.29, 0.717) is 19.3 Å². The van der Waals surface area contributed by atoms with Gasteiger partial charge in [-0.25, -0.2) is 0 Å². The maximum absolute atomic E-state index is 12.9. The lowest BCUT2D eigenvalue weighted by molar-refractivity contribution is -0.167. The Labute approximate surface area is 508 Å². The minimum atomic E-state index is -0.779. The maximum atomic E-state index is 12.9. The molecule has 82 heavy (non-hydrogen) atoms. The van der Waals surface area contributed by atoms with Crippen LogP contribution in [0.5, 0.6) is 0 Å². The number of rotatable bonds is 64. The first-order valence-electron chi connectivity index (χ1n) is 35.2. The first kappa shape index (κ1) is 78.3. The third-order valence-electron chi connectivity index (χ3n) is 15.3. The van der Waals surface area contributed by atoms with Gasteiger partial charge in [0.15, 0.2) is 6.10 Å². The van der Waals surface area contributed by atoms with Gasteiger partial charge in [-0.05, 0) is 103 Å². The van der Waals surface area contributed by atoms with E-state index in [1.165, 1.54) is 199 Å². The highest BCUT2D eigenvalue weighted by Gasteiger charge is 2.19. The minimum Gasteiger partial charge on any atom is -0.462 e. The molecular weight excluding hydrogens is 1010 g/mol. The normalized spacial score (nSPS) is 12.7. The number of carbonyl (C=O) groups excluding carboxylic acids is 3. The SMILES string of the molecule is CC/C=C\C/C=C\C/C=C\C/C=C\C/C=C\C/C=C\C/C=C\CCCCCCCCCC(=O)OCC(COC(=O)CCCCCCCC)OC(=O)CCCCCCCCCCCCCCCCCCC/C=C\CCCCCCCCCC. The second-order valence-corrected chi connectivity index (χ2v) is 23.4. The second kappa shape index (κ2) is 69.8. The monoisotopic (exact) mass is 1140 g/mol. The summed E-state index contributed by atoms with van der Waals surface area (Å²) in [6, 6.07) is 0. The fourth-order valence-corrected chi connectivity index (χ4v) is 10.1. The molecule has 6 heteroatoms. The molecule has 472 valence electrons. The van der Waals surface area contributed by atoms with Gasteiger partial charge >= 0.3 is 17.9 Å². The average molecular weight is 1140 g/mol. The highest BCUT2D eigenvalue weighted by atomic mass is 16.6. The van der Waals surface area contributed by atoms with E-state index in [1.54, 1.807) is 0 Å². The molecule has 0 rings (SSSR count). The quantitative estimate of drug-likeness (QED) is 0.0261. The molecule has 0 saturated carbocycles. The number of allylic oxidation sites excluding steroid dienone is 16. The zero-order valence-corrected chi connectivity index (χ0v) is 54.2. The van der Waals surface area contributed by atoms with E-state index in [-0.39, 0.29) is 31.1 Å². The molecule has 0 aromatic heterocycles. The third kappa shape index (κ3) is 67.1. The number of hydrogen-bond donors (Lipinski definition) is 0. The Morgan fingerprint density at radius 3 is 0.756 bits per heavy atom. The smallest absolute Gasteiger partial charge is 0.306 e. The van der Waals surface area contributed by atoms with Crippen molar-refractivity contribution in [2.24, 2.45) is 0 Å². The Hall–Kier alpha value is -3.67. The van der Waals surface area contributed by atoms with Crippen LogP contribution >= 0.6 is 0 Å². The van der Waals surface area contributed by atoms with Gasteiger partial charge in [0.1, 0.15) is 13.2 Å². The zero-order valence-electron chi connectivity index (χ0n) is 54.2. The Morgan fingerprint density at radius 1 is 0.256 bits per heavy atom. The summed E-state index contributed by atoms with van der Waals surface area (Å²) in [7, 11) is 0. The van der Waals surface area contributed by atoms with Crippen LogP contribution in [0.25, 0.3) is 0 Å². The third-order valence-corrected chi connectivity index (χ3v) is 15.3. The molecule has 0 aliphatic heterocycles. The summed E-state index contributed by atoms with van der Waals surface area (Å²) in [6.07, 6.45) is 94.8. The van der Waals surface area contributed by atoms with E-state index in [9.17, 15) is 14.4 Å². The number of ether oxygens (including phenoxy) is 3. The van der Waals surface area contributed by atoms with E-state index < -0.39 is 6.10 Å². The van der Waals surface area contributed by atoms with Crippen LogP contribution in [-0.2, 0) is 28.6 Å². The number of esters is 3. The van der Waals surface area contributed by atoms with Gasteiger partial charge in [-0.1, -0.05) is 323 Å². The second-order valence-electron chi connectivity index (χ2n) is 23.4. The van der Waals surface area contributed by atoms with Crippen LogP contribution in [0.1, 0.15) is 348 Å². The fourth-order valence-electron chi connectivity index (χ4n) is 10.1. The summed E-state index contributed by atoms with van der Waals surface area (Å²) in [5.74, 6) is -0.886. The molecule has 0 bridgehead atoms. The van der Waals surface area contributed by atoms with E-state index in [4.69, 9.17) is 14.2 Å². The summed E-state index contributed by atoms with van der Waals surface area (Å²) in [5.41, 5.74) is 0. The molecule has 1 atom stereocenters. The van der Waals surface area contributed by atoms with Crippen molar-refractivity contribution in [3.05, 3.63) is 97.2 Å². The predicted octanol–water partition coefficient (Wildman–Crippen LogP) is 24.4. The molecule has 0 heterocycles. The topological polar surface area (TPSA) is 78.9 Å². The van der Waals surface area contributed by atoms with E-state index in [1.807, 2.05) is 0 Å². The lowest BCUT2D eigenvalue weighted by Crippen LogP contribution is -2.30. The van der Waals surface area contributed by atoms with Crippen LogP contribution in [-0.4, -0.2) is 37.2 Å². The van der Waals surface area contributed by atoms with Crippen molar-refractivity contribution in [3.8, 4) is 0 Å². The van der Waals surface area contributed by atoms with Gasteiger partial charge in [0, 0.05) is 19.3 Å². The summed E-state index contributed by atoms with van der Waals surface area (Å²) in [4.78, 5) is 38.1. The number of hydrogen-bond acceptors (Lipinski definition) is 6. The van der Waals surface area contributed by atoms with Crippen LogP contribution in [0, 0.1) is 0 Å². The highest BCUT2D eigenvalue weighted by Crippen LogP contribution is 2.17. The Balaban J connectivity index is 4.06. The largest absolute Gasteiger partial charge is 0.462 e. The van der Waals surface area contributed by atoms with Crippen molar-refractivity contribution >= 4 is 17.9 Å². The highest BCUT2D eigenvalue weighted by molar-refractivity contribution is 5.71. The molecule has 0 aliphatic carbocycles. The zero-order chi connectivity index (χ0) is 59.2. The van der Waals surface area contributed by atoms with Crippen molar-refractivity contribution in [2.45, 2.75) is 354 Å². The van der Waals surface area contributed by atoms with Gasteiger partial charge in [-0.2, -0.15) is 0 Å². The van der Waals surface area contributed by atoms with E-state index in [2.05, 4.69) is 118 Å². The summed E-state index contributed by atoms with van der Waals surface area (Å²) < 4.78 is 16.8. The van der Waals surface area contributed by atoms with Crippen molar-refractivity contribution in [1.82, 2.24) is 0 Å². The van der Waals surface area contributed by atoms with Crippen molar-refractivity contribution < 1.29 is 28.6 Å². The van der Waals surface area contributed by atoms with Crippen LogP contribution in [0.2, 0.25) is 0 Å². The fraction of sp³-hybridized carbons (Fsp3) is 0.750. The van der Waals surface area contributed by atoms with Crippen LogP contribution in [0.3, 0.4) is 0 Å². The lowest BCUT2D eigenvalue weighted by atomic mass is 10.0. The molecule has 0 aromatic rings. The molecule has 0 amide bonds. The van der Waals surface area contributed by atoms with Crippen molar-refractivity contribution in [3.63, 3.8) is 0 Å². The first-order chi connectivity index (χ1) is 40.5. The molecule has 0 fully saturated rings. The standard InChI is InChI=1S/C76H132O6/c1-4-7-10-13-16-18-20-22-24-26-28-30-32-34-36-38-40-42-44-46-48-50-52-54-56-58-60-63-66-69-75(78)81-72-73(71-80-74(77)68-65-62-15-12-9-6-3)82-76(79)70-67-64-61-59-57-55-53-51-49-47-45-43-41-39-37-35-33-31-29-27-25-23-21-19-17-14-11-8-5-2/h7,10,16,18,22,24,27-30,34,36,40,42,46,48,73H,4-6,8-9,11-15,17,19-21,23,25-26,31-33,35,37-39,41,43-45,47,49-72H2,1-3H3/b10-7-,18-16-,24-22-,29-27-,30-28-,36-34-,42-40-,48-46-. The Bertz CT molecular complexity index is 1590. The van der Waals surface area contributed by atoms with Gasteiger partial charge < -0.3 is 14.2 Å². The average Bonchev–Trinajstić information content (AvgIpc) is 3.47. The number of unbranched alkanes of at least 4 members (excludes halogenated alkanes) is 37. The lowest BCUT2D eigenvalue weighted by Gasteiger charge is -2.18. The molecule has 0 radical (unpaired) electrons. The van der Waals surface area contributed by atoms with E-state index in [0.717, 1.165) is 109 Å². The summed E-state index contributed by atoms with van der Waals surface area (Å²) in [6.45, 7) is 6.49. The number of carbonyl (C=O) groups is 3. The van der Waals surface area contributed by atoms with Gasteiger partial charge in [0.2, 0.25) is 0 Å². The summed E-state index contributed by atoms with van der Waals surface area (Å²) >= 11 is 0. The van der Waals surface area contributed by atoms with Crippen LogP contribution < -0.4 is 0 Å². The minimum absolute atomic E-state index is 0.0785. The molecule has 1 unspecified atom stereocenters. The predicted molar refractivity (Wildman–Crippen MR) is 357 cm³/mol. The van der Waals surface area contributed by atoms with Crippen LogP contribution in [0.15, 0.2) is 97.2 Å². The first-order valence-corrected chi connectivity index (χ1v) is 35.2. The van der Waals surface area contributed by atoms with Gasteiger partial charge in [-0.3, -0.25) is 14.4 Å². The summed E-state index contributed by atoms with van der Waals surface area (Å²) in [5, 5.41) is 0.